The van der Waals surface area contributed by atoms with Crippen LogP contribution >= 0.6 is 0 Å². The van der Waals surface area contributed by atoms with Gasteiger partial charge in [-0.1, -0.05) is 38.1 Å². The van der Waals surface area contributed by atoms with Gasteiger partial charge >= 0.3 is 0 Å². The molecule has 1 saturated heterocycles. The molecule has 0 bridgehead atoms. The van der Waals surface area contributed by atoms with Gasteiger partial charge < -0.3 is 4.90 Å². The molecule has 2 aliphatic rings. The number of nitrogens with one attached hydrogen (secondary N) is 1. The van der Waals surface area contributed by atoms with Crippen molar-refractivity contribution in [2.24, 2.45) is 11.8 Å². The van der Waals surface area contributed by atoms with Crippen molar-refractivity contribution in [3.63, 3.8) is 0 Å². The maximum absolute atomic E-state index is 12.5. The number of hydrogen-bond acceptors (Lipinski definition) is 2. The van der Waals surface area contributed by atoms with Gasteiger partial charge in [-0.25, -0.2) is 0 Å². The van der Waals surface area contributed by atoms with Gasteiger partial charge in [0.15, 0.2) is 0 Å². The number of carbonyl (C=O) groups excluding carboxylic acids is 1. The first-order chi connectivity index (χ1) is 10.1. The van der Waals surface area contributed by atoms with Crippen LogP contribution in [0.5, 0.6) is 0 Å². The van der Waals surface area contributed by atoms with Gasteiger partial charge in [0.1, 0.15) is 6.17 Å². The Bertz CT molecular complexity index is 528. The summed E-state index contributed by atoms with van der Waals surface area (Å²) in [5, 5.41) is 3.42. The summed E-state index contributed by atoms with van der Waals surface area (Å²) in [5.41, 5.74) is 2.50. The number of carbonyl (C=O) groups is 1. The van der Waals surface area contributed by atoms with E-state index in [4.69, 9.17) is 0 Å². The Morgan fingerprint density at radius 1 is 1.19 bits per heavy atom. The third-order valence-corrected chi connectivity index (χ3v) is 5.24. The molecule has 1 aliphatic carbocycles. The van der Waals surface area contributed by atoms with Crippen molar-refractivity contribution >= 4 is 5.91 Å². The molecule has 3 nitrogen and oxygen atoms in total. The lowest BCUT2D eigenvalue weighted by atomic mass is 9.79. The lowest BCUT2D eigenvalue weighted by Gasteiger charge is -2.41. The van der Waals surface area contributed by atoms with Crippen LogP contribution in [0.15, 0.2) is 24.3 Å². The van der Waals surface area contributed by atoms with E-state index in [9.17, 15) is 4.79 Å². The van der Waals surface area contributed by atoms with Crippen LogP contribution < -0.4 is 5.32 Å². The average molecular weight is 286 g/mol. The molecule has 1 amide bonds. The topological polar surface area (TPSA) is 32.3 Å². The van der Waals surface area contributed by atoms with E-state index in [1.54, 1.807) is 0 Å². The van der Waals surface area contributed by atoms with Gasteiger partial charge in [0.05, 0.1) is 6.54 Å². The Hall–Kier alpha value is -1.35. The van der Waals surface area contributed by atoms with Crippen molar-refractivity contribution in [2.45, 2.75) is 52.2 Å². The molecule has 4 atom stereocenters. The third-order valence-electron chi connectivity index (χ3n) is 5.24. The van der Waals surface area contributed by atoms with Crippen LogP contribution in [-0.2, 0) is 4.79 Å². The van der Waals surface area contributed by atoms with Gasteiger partial charge in [-0.05, 0) is 49.1 Å². The van der Waals surface area contributed by atoms with E-state index in [0.29, 0.717) is 18.5 Å². The minimum Gasteiger partial charge on any atom is -0.319 e. The van der Waals surface area contributed by atoms with E-state index < -0.39 is 0 Å². The number of benzene rings is 1. The molecular weight excluding hydrogens is 260 g/mol. The van der Waals surface area contributed by atoms with Crippen molar-refractivity contribution in [2.75, 3.05) is 6.54 Å². The molecule has 4 unspecified atom stereocenters. The van der Waals surface area contributed by atoms with Crippen LogP contribution in [0.4, 0.5) is 0 Å². The Morgan fingerprint density at radius 3 is 2.67 bits per heavy atom. The first-order valence-electron chi connectivity index (χ1n) is 8.18. The van der Waals surface area contributed by atoms with E-state index in [0.717, 1.165) is 12.3 Å². The fourth-order valence-electron chi connectivity index (χ4n) is 4.11. The Balaban J connectivity index is 1.88. The van der Waals surface area contributed by atoms with Gasteiger partial charge in [0.2, 0.25) is 5.91 Å². The smallest absolute Gasteiger partial charge is 0.238 e. The molecule has 3 rings (SSSR count). The molecule has 114 valence electrons. The zero-order valence-corrected chi connectivity index (χ0v) is 13.3. The highest BCUT2D eigenvalue weighted by atomic mass is 16.2. The summed E-state index contributed by atoms with van der Waals surface area (Å²) < 4.78 is 0. The molecule has 1 aromatic carbocycles. The van der Waals surface area contributed by atoms with Crippen LogP contribution in [0, 0.1) is 18.8 Å². The van der Waals surface area contributed by atoms with Crippen molar-refractivity contribution < 1.29 is 4.79 Å². The highest BCUT2D eigenvalue weighted by Crippen LogP contribution is 2.37. The summed E-state index contributed by atoms with van der Waals surface area (Å²) in [5.74, 6) is 1.64. The van der Waals surface area contributed by atoms with Gasteiger partial charge in [-0.3, -0.25) is 10.1 Å². The molecule has 0 aromatic heterocycles. The standard InChI is InChI=1S/C18H26N2O/c1-12-8-9-16(14(3)10-12)20-17(21)11-19-18(20)15-7-5-4-6-13(15)2/h4-7,12,14,16,18-19H,8-11H2,1-3H3. The summed E-state index contributed by atoms with van der Waals surface area (Å²) in [7, 11) is 0. The van der Waals surface area contributed by atoms with Crippen LogP contribution in [0.25, 0.3) is 0 Å². The van der Waals surface area contributed by atoms with Crippen molar-refractivity contribution in [3.05, 3.63) is 35.4 Å². The van der Waals surface area contributed by atoms with Gasteiger partial charge in [0, 0.05) is 6.04 Å². The second-order valence-electron chi connectivity index (χ2n) is 6.90. The zero-order chi connectivity index (χ0) is 15.0. The van der Waals surface area contributed by atoms with Gasteiger partial charge in [-0.2, -0.15) is 0 Å². The monoisotopic (exact) mass is 286 g/mol. The Morgan fingerprint density at radius 2 is 1.95 bits per heavy atom. The fourth-order valence-corrected chi connectivity index (χ4v) is 4.11. The predicted octanol–water partition coefficient (Wildman–Crippen LogP) is 3.25. The largest absolute Gasteiger partial charge is 0.319 e. The molecule has 1 heterocycles. The quantitative estimate of drug-likeness (QED) is 0.905. The maximum atomic E-state index is 12.5. The molecule has 1 saturated carbocycles. The average Bonchev–Trinajstić information content (AvgIpc) is 2.81. The summed E-state index contributed by atoms with van der Waals surface area (Å²) in [4.78, 5) is 14.6. The van der Waals surface area contributed by atoms with Gasteiger partial charge in [-0.15, -0.1) is 0 Å². The molecule has 0 radical (unpaired) electrons. The van der Waals surface area contributed by atoms with Crippen LogP contribution in [-0.4, -0.2) is 23.4 Å². The molecule has 1 N–H and O–H groups in total. The second kappa shape index (κ2) is 5.80. The minimum atomic E-state index is 0.0551. The third kappa shape index (κ3) is 2.71. The van der Waals surface area contributed by atoms with Crippen molar-refractivity contribution in [1.82, 2.24) is 10.2 Å². The van der Waals surface area contributed by atoms with E-state index in [2.05, 4.69) is 55.3 Å². The first-order valence-corrected chi connectivity index (χ1v) is 8.18. The lowest BCUT2D eigenvalue weighted by Crippen LogP contribution is -2.45. The molecule has 1 aliphatic heterocycles. The number of nitrogens with zero attached hydrogens (tertiary/aromatic N) is 1. The zero-order valence-electron chi connectivity index (χ0n) is 13.3. The van der Waals surface area contributed by atoms with Gasteiger partial charge in [0.25, 0.3) is 0 Å². The molecule has 0 spiro atoms. The second-order valence-corrected chi connectivity index (χ2v) is 6.90. The number of aryl methyl sites for hydroxylation is 1. The van der Waals surface area contributed by atoms with Crippen LogP contribution in [0.3, 0.4) is 0 Å². The van der Waals surface area contributed by atoms with E-state index in [1.807, 2.05) is 0 Å². The highest BCUT2D eigenvalue weighted by molar-refractivity contribution is 5.81. The Kier molecular flexibility index (Phi) is 4.03. The molecule has 3 heteroatoms. The maximum Gasteiger partial charge on any atom is 0.238 e. The predicted molar refractivity (Wildman–Crippen MR) is 84.7 cm³/mol. The number of amides is 1. The number of rotatable bonds is 2. The summed E-state index contributed by atoms with van der Waals surface area (Å²) >= 11 is 0. The molecule has 2 fully saturated rings. The fraction of sp³-hybridized carbons (Fsp3) is 0.611. The summed E-state index contributed by atoms with van der Waals surface area (Å²) in [6.45, 7) is 7.23. The highest BCUT2D eigenvalue weighted by Gasteiger charge is 2.40. The van der Waals surface area contributed by atoms with E-state index in [-0.39, 0.29) is 12.1 Å². The van der Waals surface area contributed by atoms with Crippen molar-refractivity contribution in [3.8, 4) is 0 Å². The minimum absolute atomic E-state index is 0.0551. The van der Waals surface area contributed by atoms with Crippen LogP contribution in [0.1, 0.15) is 50.4 Å². The van der Waals surface area contributed by atoms with E-state index >= 15 is 0 Å². The SMILES string of the molecule is Cc1ccccc1C1NCC(=O)N1C1CCC(C)CC1C. The lowest BCUT2D eigenvalue weighted by molar-refractivity contribution is -0.132. The molecule has 21 heavy (non-hydrogen) atoms. The summed E-state index contributed by atoms with van der Waals surface area (Å²) in [6.07, 6.45) is 3.66. The number of hydrogen-bond donors (Lipinski definition) is 1. The normalized spacial score (nSPS) is 33.5. The van der Waals surface area contributed by atoms with Crippen molar-refractivity contribution in [1.29, 1.82) is 0 Å². The molecule has 1 aromatic rings. The summed E-state index contributed by atoms with van der Waals surface area (Å²) in [6, 6.07) is 8.79. The van der Waals surface area contributed by atoms with E-state index in [1.165, 1.54) is 24.0 Å². The Labute approximate surface area is 127 Å². The first kappa shape index (κ1) is 14.6. The molecular formula is C18H26N2O. The van der Waals surface area contributed by atoms with Crippen LogP contribution in [0.2, 0.25) is 0 Å².